The molecule has 0 radical (unpaired) electrons. The summed E-state index contributed by atoms with van der Waals surface area (Å²) < 4.78 is 38.8. The van der Waals surface area contributed by atoms with E-state index in [0.717, 1.165) is 15.4 Å². The first kappa shape index (κ1) is 23.1. The van der Waals surface area contributed by atoms with Crippen molar-refractivity contribution in [2.45, 2.75) is 18.4 Å². The molecule has 3 rings (SSSR count). The van der Waals surface area contributed by atoms with Crippen LogP contribution < -0.4 is 19.1 Å². The Hall–Kier alpha value is -3.59. The highest BCUT2D eigenvalue weighted by molar-refractivity contribution is 7.93. The summed E-state index contributed by atoms with van der Waals surface area (Å²) in [7, 11) is -1.20. The molecule has 0 bridgehead atoms. The van der Waals surface area contributed by atoms with Crippen molar-refractivity contribution in [1.82, 2.24) is 10.3 Å². The number of ether oxygens (including phenoxy) is 2. The summed E-state index contributed by atoms with van der Waals surface area (Å²) >= 11 is 0. The summed E-state index contributed by atoms with van der Waals surface area (Å²) in [5.74, 6) is 0.310. The molecular formula is C23H25N3O5S. The van der Waals surface area contributed by atoms with Crippen LogP contribution in [-0.4, -0.2) is 40.1 Å². The summed E-state index contributed by atoms with van der Waals surface area (Å²) in [6.07, 6.45) is 3.27. The van der Waals surface area contributed by atoms with Crippen LogP contribution >= 0.6 is 0 Å². The smallest absolute Gasteiger partial charge is 0.268 e. The van der Waals surface area contributed by atoms with Crippen molar-refractivity contribution in [3.05, 3.63) is 78.1 Å². The molecule has 0 aliphatic rings. The van der Waals surface area contributed by atoms with Gasteiger partial charge in [0.1, 0.15) is 22.9 Å². The lowest BCUT2D eigenvalue weighted by molar-refractivity contribution is -0.119. The molecule has 8 nitrogen and oxygen atoms in total. The van der Waals surface area contributed by atoms with Gasteiger partial charge >= 0.3 is 0 Å². The molecule has 0 spiro atoms. The number of hydrogen-bond donors (Lipinski definition) is 1. The quantitative estimate of drug-likeness (QED) is 0.533. The first-order chi connectivity index (χ1) is 15.3. The van der Waals surface area contributed by atoms with Crippen molar-refractivity contribution in [3.8, 4) is 11.5 Å². The Kier molecular flexibility index (Phi) is 7.32. The number of carbonyl (C=O) groups excluding carboxylic acids is 1. The van der Waals surface area contributed by atoms with Crippen molar-refractivity contribution in [3.63, 3.8) is 0 Å². The molecule has 168 valence electrons. The van der Waals surface area contributed by atoms with Gasteiger partial charge in [-0.15, -0.1) is 0 Å². The Morgan fingerprint density at radius 2 is 1.81 bits per heavy atom. The Morgan fingerprint density at radius 3 is 2.44 bits per heavy atom. The molecule has 9 heteroatoms. The maximum Gasteiger partial charge on any atom is 0.268 e. The van der Waals surface area contributed by atoms with Crippen LogP contribution in [0.4, 0.5) is 5.69 Å². The lowest BCUT2D eigenvalue weighted by atomic mass is 10.2. The Morgan fingerprint density at radius 1 is 1.06 bits per heavy atom. The van der Waals surface area contributed by atoms with E-state index in [9.17, 15) is 13.2 Å². The highest BCUT2D eigenvalue weighted by Crippen LogP contribution is 2.31. The third-order valence-electron chi connectivity index (χ3n) is 4.75. The third-order valence-corrected chi connectivity index (χ3v) is 6.54. The predicted octanol–water partition coefficient (Wildman–Crippen LogP) is 2.92. The molecule has 1 heterocycles. The number of nitrogens with zero attached hydrogens (tertiary/aromatic N) is 2. The van der Waals surface area contributed by atoms with Crippen LogP contribution in [0.15, 0.2) is 71.9 Å². The van der Waals surface area contributed by atoms with Crippen molar-refractivity contribution in [2.24, 2.45) is 0 Å². The standard InChI is InChI=1S/C23H25N3O5S/c1-17-6-11-21(31-3)22(13-17)32(28,29)26(19-7-9-20(30-2)10-8-19)16-23(27)25-15-18-5-4-12-24-14-18/h4-14H,15-16H2,1-3H3,(H,25,27). The fourth-order valence-corrected chi connectivity index (χ4v) is 4.72. The summed E-state index contributed by atoms with van der Waals surface area (Å²) in [6.45, 7) is 1.61. The number of benzene rings is 2. The largest absolute Gasteiger partial charge is 0.497 e. The van der Waals surface area contributed by atoms with Crippen molar-refractivity contribution in [1.29, 1.82) is 0 Å². The average Bonchev–Trinajstić information content (AvgIpc) is 2.82. The van der Waals surface area contributed by atoms with Gasteiger partial charge in [-0.05, 0) is 60.5 Å². The van der Waals surface area contributed by atoms with Crippen LogP contribution in [0.1, 0.15) is 11.1 Å². The summed E-state index contributed by atoms with van der Waals surface area (Å²) in [6, 6.07) is 14.9. The van der Waals surface area contributed by atoms with E-state index in [4.69, 9.17) is 9.47 Å². The van der Waals surface area contributed by atoms with Gasteiger partial charge in [0.05, 0.1) is 19.9 Å². The molecule has 32 heavy (non-hydrogen) atoms. The van der Waals surface area contributed by atoms with Gasteiger partial charge in [0.2, 0.25) is 5.91 Å². The number of amides is 1. The Balaban J connectivity index is 1.95. The Bertz CT molecular complexity index is 1170. The minimum atomic E-state index is -4.12. The number of carbonyl (C=O) groups is 1. The molecule has 0 fully saturated rings. The minimum absolute atomic E-state index is 0.0177. The second-order valence-electron chi connectivity index (χ2n) is 7.00. The topological polar surface area (TPSA) is 97.8 Å². The molecule has 3 aromatic rings. The van der Waals surface area contributed by atoms with Gasteiger partial charge in [-0.2, -0.15) is 0 Å². The number of aromatic nitrogens is 1. The molecule has 0 aliphatic heterocycles. The van der Waals surface area contributed by atoms with Crippen molar-refractivity contribution in [2.75, 3.05) is 25.1 Å². The zero-order valence-corrected chi connectivity index (χ0v) is 18.9. The second-order valence-corrected chi connectivity index (χ2v) is 8.83. The molecule has 1 N–H and O–H groups in total. The van der Waals surface area contributed by atoms with Crippen LogP contribution in [-0.2, 0) is 21.4 Å². The summed E-state index contributed by atoms with van der Waals surface area (Å²) in [5.41, 5.74) is 1.88. The van der Waals surface area contributed by atoms with E-state index < -0.39 is 22.5 Å². The van der Waals surface area contributed by atoms with Crippen LogP contribution in [0.25, 0.3) is 0 Å². The first-order valence-electron chi connectivity index (χ1n) is 9.82. The maximum absolute atomic E-state index is 13.7. The highest BCUT2D eigenvalue weighted by Gasteiger charge is 2.30. The molecule has 1 aromatic heterocycles. The van der Waals surface area contributed by atoms with Gasteiger partial charge in [-0.1, -0.05) is 12.1 Å². The SMILES string of the molecule is COc1ccc(N(CC(=O)NCc2cccnc2)S(=O)(=O)c2cc(C)ccc2OC)cc1. The van der Waals surface area contributed by atoms with Crippen LogP contribution in [0, 0.1) is 6.92 Å². The number of nitrogens with one attached hydrogen (secondary N) is 1. The van der Waals surface area contributed by atoms with Gasteiger partial charge < -0.3 is 14.8 Å². The lowest BCUT2D eigenvalue weighted by Crippen LogP contribution is -2.40. The summed E-state index contributed by atoms with van der Waals surface area (Å²) in [4.78, 5) is 16.7. The molecule has 0 saturated heterocycles. The molecular weight excluding hydrogens is 430 g/mol. The number of anilines is 1. The normalized spacial score (nSPS) is 11.0. The third kappa shape index (κ3) is 5.36. The molecule has 0 aliphatic carbocycles. The second kappa shape index (κ2) is 10.1. The van der Waals surface area contributed by atoms with Gasteiger partial charge in [0, 0.05) is 18.9 Å². The number of aryl methyl sites for hydroxylation is 1. The number of hydrogen-bond acceptors (Lipinski definition) is 6. The lowest BCUT2D eigenvalue weighted by Gasteiger charge is -2.25. The van der Waals surface area contributed by atoms with Crippen LogP contribution in [0.2, 0.25) is 0 Å². The molecule has 0 saturated carbocycles. The van der Waals surface area contributed by atoms with E-state index in [-0.39, 0.29) is 17.2 Å². The van der Waals surface area contributed by atoms with E-state index in [1.54, 1.807) is 61.8 Å². The monoisotopic (exact) mass is 455 g/mol. The van der Waals surface area contributed by atoms with Crippen molar-refractivity contribution < 1.29 is 22.7 Å². The number of sulfonamides is 1. The van der Waals surface area contributed by atoms with Crippen molar-refractivity contribution >= 4 is 21.6 Å². The van der Waals surface area contributed by atoms with E-state index >= 15 is 0 Å². The fourth-order valence-electron chi connectivity index (χ4n) is 3.06. The molecule has 1 amide bonds. The number of methoxy groups -OCH3 is 2. The van der Waals surface area contributed by atoms with Crippen LogP contribution in [0.5, 0.6) is 11.5 Å². The minimum Gasteiger partial charge on any atom is -0.497 e. The Labute approximate surface area is 187 Å². The summed E-state index contributed by atoms with van der Waals surface area (Å²) in [5, 5.41) is 2.74. The molecule has 0 atom stereocenters. The maximum atomic E-state index is 13.7. The zero-order valence-electron chi connectivity index (χ0n) is 18.1. The predicted molar refractivity (Wildman–Crippen MR) is 121 cm³/mol. The highest BCUT2D eigenvalue weighted by atomic mass is 32.2. The van der Waals surface area contributed by atoms with Gasteiger partial charge in [-0.3, -0.25) is 14.1 Å². The van der Waals surface area contributed by atoms with Crippen LogP contribution in [0.3, 0.4) is 0 Å². The van der Waals surface area contributed by atoms with Gasteiger partial charge in [-0.25, -0.2) is 8.42 Å². The fraction of sp³-hybridized carbons (Fsp3) is 0.217. The first-order valence-corrected chi connectivity index (χ1v) is 11.3. The van der Waals surface area contributed by atoms with E-state index in [1.807, 2.05) is 6.07 Å². The molecule has 2 aromatic carbocycles. The number of rotatable bonds is 9. The average molecular weight is 456 g/mol. The zero-order chi connectivity index (χ0) is 23.1. The molecule has 0 unspecified atom stereocenters. The van der Waals surface area contributed by atoms with Gasteiger partial charge in [0.15, 0.2) is 0 Å². The van der Waals surface area contributed by atoms with Gasteiger partial charge in [0.25, 0.3) is 10.0 Å². The number of pyridine rings is 1. The van der Waals surface area contributed by atoms with E-state index in [2.05, 4.69) is 10.3 Å². The van der Waals surface area contributed by atoms with E-state index in [0.29, 0.717) is 11.4 Å². The van der Waals surface area contributed by atoms with E-state index in [1.165, 1.54) is 20.3 Å².